The Morgan fingerprint density at radius 2 is 2.32 bits per heavy atom. The minimum atomic E-state index is -0.0175. The second-order valence-corrected chi connectivity index (χ2v) is 6.09. The maximum Gasteiger partial charge on any atom is 0.233 e. The second kappa shape index (κ2) is 6.10. The van der Waals surface area contributed by atoms with Gasteiger partial charge in [0.25, 0.3) is 0 Å². The van der Waals surface area contributed by atoms with Crippen LogP contribution in [0.5, 0.6) is 0 Å². The van der Waals surface area contributed by atoms with Gasteiger partial charge in [-0.05, 0) is 31.2 Å². The van der Waals surface area contributed by atoms with Crippen LogP contribution in [0.3, 0.4) is 0 Å². The molecular formula is C14H19N3OS. The van der Waals surface area contributed by atoms with Crippen molar-refractivity contribution in [1.82, 2.24) is 15.3 Å². The predicted molar refractivity (Wildman–Crippen MR) is 80.3 cm³/mol. The summed E-state index contributed by atoms with van der Waals surface area (Å²) in [6, 6.07) is 6.03. The molecular weight excluding hydrogens is 258 g/mol. The summed E-state index contributed by atoms with van der Waals surface area (Å²) in [4.78, 5) is 19.6. The Kier molecular flexibility index (Phi) is 4.47. The average Bonchev–Trinajstić information content (AvgIpc) is 2.80. The van der Waals surface area contributed by atoms with Crippen LogP contribution < -0.4 is 5.32 Å². The number of aromatic amines is 1. The van der Waals surface area contributed by atoms with E-state index >= 15 is 0 Å². The third-order valence-electron chi connectivity index (χ3n) is 2.98. The van der Waals surface area contributed by atoms with E-state index in [-0.39, 0.29) is 11.2 Å². The molecule has 0 unspecified atom stereocenters. The molecule has 0 spiro atoms. The monoisotopic (exact) mass is 277 g/mol. The maximum absolute atomic E-state index is 11.8. The number of amides is 1. The molecule has 2 N–H and O–H groups in total. The lowest BCUT2D eigenvalue weighted by Gasteiger charge is -2.09. The van der Waals surface area contributed by atoms with Crippen molar-refractivity contribution in [3.8, 4) is 0 Å². The summed E-state index contributed by atoms with van der Waals surface area (Å²) in [6.45, 7) is 6.45. The highest BCUT2D eigenvalue weighted by atomic mass is 32.2. The summed E-state index contributed by atoms with van der Waals surface area (Å²) >= 11 is 1.64. The number of nitrogens with one attached hydrogen (secondary N) is 2. The molecule has 0 saturated carbocycles. The van der Waals surface area contributed by atoms with Gasteiger partial charge in [0.2, 0.25) is 5.91 Å². The molecule has 0 aliphatic rings. The molecule has 1 heterocycles. The molecule has 0 bridgehead atoms. The first kappa shape index (κ1) is 13.9. The summed E-state index contributed by atoms with van der Waals surface area (Å²) in [5, 5.41) is 2.89. The van der Waals surface area contributed by atoms with Gasteiger partial charge < -0.3 is 10.3 Å². The van der Waals surface area contributed by atoms with Crippen LogP contribution in [0.2, 0.25) is 0 Å². The van der Waals surface area contributed by atoms with Gasteiger partial charge in [0.15, 0.2) is 0 Å². The number of hydrogen-bond donors (Lipinski definition) is 2. The summed E-state index contributed by atoms with van der Waals surface area (Å²) in [7, 11) is 0. The zero-order valence-electron chi connectivity index (χ0n) is 11.5. The molecule has 0 fully saturated rings. The SMILES string of the molecule is CCS[C@H](C)C(=O)NCc1nc2c(C)cccc2[nH]1. The number of aromatic nitrogens is 2. The van der Waals surface area contributed by atoms with E-state index < -0.39 is 0 Å². The Hall–Kier alpha value is -1.49. The molecule has 102 valence electrons. The Bertz CT molecular complexity index is 579. The number of rotatable bonds is 5. The molecule has 19 heavy (non-hydrogen) atoms. The molecule has 4 nitrogen and oxygen atoms in total. The topological polar surface area (TPSA) is 57.8 Å². The fourth-order valence-electron chi connectivity index (χ4n) is 1.95. The lowest BCUT2D eigenvalue weighted by atomic mass is 10.2. The number of aryl methyl sites for hydroxylation is 1. The van der Waals surface area contributed by atoms with Crippen LogP contribution in [0.1, 0.15) is 25.2 Å². The molecule has 2 rings (SSSR count). The van der Waals surface area contributed by atoms with Crippen LogP contribution in [0.15, 0.2) is 18.2 Å². The Balaban J connectivity index is 2.02. The quantitative estimate of drug-likeness (QED) is 0.883. The fraction of sp³-hybridized carbons (Fsp3) is 0.429. The van der Waals surface area contributed by atoms with E-state index in [0.29, 0.717) is 6.54 Å². The summed E-state index contributed by atoms with van der Waals surface area (Å²) in [6.07, 6.45) is 0. The molecule has 1 atom stereocenters. The van der Waals surface area contributed by atoms with Gasteiger partial charge in [-0.1, -0.05) is 19.1 Å². The fourth-order valence-corrected chi connectivity index (χ4v) is 2.69. The van der Waals surface area contributed by atoms with Gasteiger partial charge in [-0.3, -0.25) is 4.79 Å². The van der Waals surface area contributed by atoms with Gasteiger partial charge >= 0.3 is 0 Å². The first-order valence-electron chi connectivity index (χ1n) is 6.45. The number of carbonyl (C=O) groups excluding carboxylic acids is 1. The van der Waals surface area contributed by atoms with Gasteiger partial charge in [0, 0.05) is 0 Å². The van der Waals surface area contributed by atoms with Crippen molar-refractivity contribution in [3.63, 3.8) is 0 Å². The van der Waals surface area contributed by atoms with E-state index in [1.54, 1.807) is 11.8 Å². The molecule has 1 aromatic heterocycles. The lowest BCUT2D eigenvalue weighted by molar-refractivity contribution is -0.120. The Morgan fingerprint density at radius 1 is 1.53 bits per heavy atom. The standard InChI is InChI=1S/C14H19N3OS/c1-4-19-10(3)14(18)15-8-12-16-11-7-5-6-9(2)13(11)17-12/h5-7,10H,4,8H2,1-3H3,(H,15,18)(H,16,17)/t10-/m1/s1. The number of nitrogens with zero attached hydrogens (tertiary/aromatic N) is 1. The van der Waals surface area contributed by atoms with E-state index in [9.17, 15) is 4.79 Å². The van der Waals surface area contributed by atoms with Crippen molar-refractivity contribution in [2.24, 2.45) is 0 Å². The highest BCUT2D eigenvalue weighted by Gasteiger charge is 2.12. The number of H-pyrrole nitrogens is 1. The molecule has 0 saturated heterocycles. The van der Waals surface area contributed by atoms with Crippen molar-refractivity contribution in [1.29, 1.82) is 0 Å². The van der Waals surface area contributed by atoms with Crippen molar-refractivity contribution in [2.45, 2.75) is 32.6 Å². The number of para-hydroxylation sites is 1. The van der Waals surface area contributed by atoms with Crippen LogP contribution in [0.4, 0.5) is 0 Å². The summed E-state index contributed by atoms with van der Waals surface area (Å²) in [5.74, 6) is 1.80. The summed E-state index contributed by atoms with van der Waals surface area (Å²) in [5.41, 5.74) is 3.13. The van der Waals surface area contributed by atoms with Crippen molar-refractivity contribution in [3.05, 3.63) is 29.6 Å². The van der Waals surface area contributed by atoms with Gasteiger partial charge in [-0.15, -0.1) is 11.8 Å². The normalized spacial score (nSPS) is 12.6. The second-order valence-electron chi connectivity index (χ2n) is 4.47. The maximum atomic E-state index is 11.8. The zero-order chi connectivity index (χ0) is 13.8. The smallest absolute Gasteiger partial charge is 0.233 e. The number of benzene rings is 1. The molecule has 1 aromatic carbocycles. The van der Waals surface area contributed by atoms with Gasteiger partial charge in [-0.25, -0.2) is 4.98 Å². The van der Waals surface area contributed by atoms with E-state index in [1.165, 1.54) is 0 Å². The molecule has 0 aliphatic heterocycles. The Labute approximate surface area is 117 Å². The molecule has 0 radical (unpaired) electrons. The highest BCUT2D eigenvalue weighted by molar-refractivity contribution is 8.00. The first-order chi connectivity index (χ1) is 9.11. The van der Waals surface area contributed by atoms with E-state index in [2.05, 4.69) is 22.2 Å². The third kappa shape index (κ3) is 3.29. The van der Waals surface area contributed by atoms with E-state index in [0.717, 1.165) is 28.2 Å². The van der Waals surface area contributed by atoms with E-state index in [4.69, 9.17) is 0 Å². The largest absolute Gasteiger partial charge is 0.348 e. The zero-order valence-corrected chi connectivity index (χ0v) is 12.3. The van der Waals surface area contributed by atoms with Crippen LogP contribution in [-0.2, 0) is 11.3 Å². The minimum absolute atomic E-state index is 0.0175. The van der Waals surface area contributed by atoms with Gasteiger partial charge in [-0.2, -0.15) is 0 Å². The number of hydrogen-bond acceptors (Lipinski definition) is 3. The van der Waals surface area contributed by atoms with Crippen LogP contribution in [0, 0.1) is 6.92 Å². The summed E-state index contributed by atoms with van der Waals surface area (Å²) < 4.78 is 0. The van der Waals surface area contributed by atoms with Gasteiger partial charge in [0.1, 0.15) is 5.82 Å². The first-order valence-corrected chi connectivity index (χ1v) is 7.50. The average molecular weight is 277 g/mol. The van der Waals surface area contributed by atoms with Crippen LogP contribution >= 0.6 is 11.8 Å². The highest BCUT2D eigenvalue weighted by Crippen LogP contribution is 2.15. The molecule has 0 aliphatic carbocycles. The lowest BCUT2D eigenvalue weighted by Crippen LogP contribution is -2.30. The van der Waals surface area contributed by atoms with E-state index in [1.807, 2.05) is 32.0 Å². The number of imidazole rings is 1. The molecule has 5 heteroatoms. The van der Waals surface area contributed by atoms with Crippen molar-refractivity contribution < 1.29 is 4.79 Å². The number of fused-ring (bicyclic) bond motifs is 1. The minimum Gasteiger partial charge on any atom is -0.348 e. The Morgan fingerprint density at radius 3 is 3.00 bits per heavy atom. The van der Waals surface area contributed by atoms with Crippen molar-refractivity contribution >= 4 is 28.7 Å². The number of thioether (sulfide) groups is 1. The van der Waals surface area contributed by atoms with Crippen LogP contribution in [0.25, 0.3) is 11.0 Å². The molecule has 1 amide bonds. The van der Waals surface area contributed by atoms with Crippen molar-refractivity contribution in [2.75, 3.05) is 5.75 Å². The van der Waals surface area contributed by atoms with Gasteiger partial charge in [0.05, 0.1) is 22.8 Å². The number of carbonyl (C=O) groups is 1. The predicted octanol–water partition coefficient (Wildman–Crippen LogP) is 2.63. The molecule has 2 aromatic rings. The third-order valence-corrected chi connectivity index (χ3v) is 4.03. The van der Waals surface area contributed by atoms with Crippen LogP contribution in [-0.4, -0.2) is 26.9 Å².